The number of hydrogen-bond acceptors (Lipinski definition) is 7. The zero-order chi connectivity index (χ0) is 21.0. The van der Waals surface area contributed by atoms with Gasteiger partial charge in [0.05, 0.1) is 24.3 Å². The topological polar surface area (TPSA) is 146 Å². The molecule has 0 bridgehead atoms. The van der Waals surface area contributed by atoms with Crippen LogP contribution >= 0.6 is 0 Å². The molecule has 0 radical (unpaired) electrons. The molecular weight excluding hydrogens is 380 g/mol. The number of nitro benzene ring substituents is 1. The van der Waals surface area contributed by atoms with E-state index in [-0.39, 0.29) is 22.9 Å². The van der Waals surface area contributed by atoms with E-state index in [1.807, 2.05) is 30.3 Å². The highest BCUT2D eigenvalue weighted by molar-refractivity contribution is 6.03. The number of nitrogens with zero attached hydrogens (tertiary/aromatic N) is 2. The Morgan fingerprint density at radius 1 is 1.34 bits per heavy atom. The third kappa shape index (κ3) is 4.15. The van der Waals surface area contributed by atoms with Gasteiger partial charge in [0, 0.05) is 18.5 Å². The van der Waals surface area contributed by atoms with Crippen LogP contribution in [0.15, 0.2) is 47.6 Å². The number of carbonyl (C=O) groups excluding carboxylic acids is 2. The summed E-state index contributed by atoms with van der Waals surface area (Å²) in [4.78, 5) is 35.0. The second-order valence-electron chi connectivity index (χ2n) is 6.30. The highest BCUT2D eigenvalue weighted by Gasteiger charge is 2.40. The van der Waals surface area contributed by atoms with Crippen molar-refractivity contribution in [2.24, 2.45) is 11.0 Å². The summed E-state index contributed by atoms with van der Waals surface area (Å²) < 4.78 is 4.84. The second-order valence-corrected chi connectivity index (χ2v) is 6.30. The number of hydrogen-bond donors (Lipinski definition) is 2. The predicted molar refractivity (Wildman–Crippen MR) is 101 cm³/mol. The number of hydrazone groups is 1. The van der Waals surface area contributed by atoms with Crippen molar-refractivity contribution in [2.45, 2.75) is 5.92 Å². The molecule has 0 spiro atoms. The van der Waals surface area contributed by atoms with Gasteiger partial charge in [0.15, 0.2) is 0 Å². The molecular formula is C19H17N4O6-. The largest absolute Gasteiger partial charge is 0.870 e. The number of nitro groups is 1. The number of methoxy groups -OCH3 is 1. The summed E-state index contributed by atoms with van der Waals surface area (Å²) in [5, 5.41) is 29.5. The van der Waals surface area contributed by atoms with Crippen molar-refractivity contribution in [3.05, 3.63) is 63.7 Å². The van der Waals surface area contributed by atoms with E-state index in [0.717, 1.165) is 23.9 Å². The quantitative estimate of drug-likeness (QED) is 0.317. The fourth-order valence-corrected chi connectivity index (χ4v) is 3.13. The fraction of sp³-hybridized carbons (Fsp3) is 0.211. The maximum atomic E-state index is 12.5. The minimum atomic E-state index is -0.985. The van der Waals surface area contributed by atoms with E-state index >= 15 is 0 Å². The fourth-order valence-electron chi connectivity index (χ4n) is 3.13. The summed E-state index contributed by atoms with van der Waals surface area (Å²) in [5.41, 5.74) is 2.58. The lowest BCUT2D eigenvalue weighted by Crippen LogP contribution is -2.34. The van der Waals surface area contributed by atoms with Crippen LogP contribution in [0.5, 0.6) is 11.5 Å². The van der Waals surface area contributed by atoms with Gasteiger partial charge in [0.1, 0.15) is 11.7 Å². The lowest BCUT2D eigenvalue weighted by Gasteiger charge is -2.16. The first-order chi connectivity index (χ1) is 13.9. The average molecular weight is 397 g/mol. The van der Waals surface area contributed by atoms with Crippen LogP contribution in [-0.2, 0) is 9.59 Å². The highest BCUT2D eigenvalue weighted by Crippen LogP contribution is 2.31. The second kappa shape index (κ2) is 8.38. The molecule has 1 heterocycles. The normalized spacial score (nSPS) is 18.4. The van der Waals surface area contributed by atoms with Crippen LogP contribution in [0.25, 0.3) is 0 Å². The minimum absolute atomic E-state index is 0.133. The van der Waals surface area contributed by atoms with Crippen molar-refractivity contribution < 1.29 is 24.4 Å². The zero-order valence-corrected chi connectivity index (χ0v) is 15.3. The molecule has 1 fully saturated rings. The summed E-state index contributed by atoms with van der Waals surface area (Å²) in [6, 6.07) is 11.1. The third-order valence-corrected chi connectivity index (χ3v) is 4.57. The Hall–Kier alpha value is -3.95. The summed E-state index contributed by atoms with van der Waals surface area (Å²) in [7, 11) is 1.21. The molecule has 2 aromatic carbocycles. The number of non-ortho nitro benzene ring substituents is 1. The van der Waals surface area contributed by atoms with Crippen molar-refractivity contribution in [2.75, 3.05) is 13.7 Å². The molecule has 29 heavy (non-hydrogen) atoms. The molecule has 2 aromatic rings. The van der Waals surface area contributed by atoms with E-state index in [9.17, 15) is 24.8 Å². The molecule has 150 valence electrons. The number of amides is 2. The van der Waals surface area contributed by atoms with Gasteiger partial charge in [0.2, 0.25) is 5.91 Å². The molecule has 2 N–H and O–H groups in total. The number of rotatable bonds is 6. The van der Waals surface area contributed by atoms with E-state index in [0.29, 0.717) is 6.54 Å². The van der Waals surface area contributed by atoms with E-state index in [1.54, 1.807) is 0 Å². The molecule has 0 aliphatic carbocycles. The molecule has 0 unspecified atom stereocenters. The first kappa shape index (κ1) is 19.8. The molecule has 2 atom stereocenters. The molecule has 0 aromatic heterocycles. The molecule has 10 heteroatoms. The van der Waals surface area contributed by atoms with Crippen LogP contribution in [0.1, 0.15) is 17.0 Å². The average Bonchev–Trinajstić information content (AvgIpc) is 3.11. The van der Waals surface area contributed by atoms with Crippen LogP contribution in [0, 0.1) is 16.0 Å². The Kier molecular flexibility index (Phi) is 5.72. The SMILES string of the molecule is COc1cc([N+](=O)[O-])cc(/C=N/NC(=O)[C@H]2C(=O)NC[C@@H]2c2ccccc2)c1[O-]. The third-order valence-electron chi connectivity index (χ3n) is 4.57. The first-order valence-electron chi connectivity index (χ1n) is 8.61. The summed E-state index contributed by atoms with van der Waals surface area (Å²) in [6.45, 7) is 0.317. The summed E-state index contributed by atoms with van der Waals surface area (Å²) >= 11 is 0. The number of ether oxygens (including phenoxy) is 1. The van der Waals surface area contributed by atoms with Crippen molar-refractivity contribution in [3.8, 4) is 11.5 Å². The van der Waals surface area contributed by atoms with Gasteiger partial charge in [-0.25, -0.2) is 5.43 Å². The van der Waals surface area contributed by atoms with Crippen LogP contribution in [0.3, 0.4) is 0 Å². The standard InChI is InChI=1S/C19H18N4O6/c1-29-15-8-13(23(27)28)7-12(17(15)24)9-21-22-19(26)16-14(10-20-18(16)25)11-5-3-2-4-6-11/h2-9,14,16,24H,10H2,1H3,(H,20,25)(H,22,26)/p-1/b21-9+/t14-,16-/m1/s1. The van der Waals surface area contributed by atoms with Crippen LogP contribution in [0.2, 0.25) is 0 Å². The Bertz CT molecular complexity index is 976. The Balaban J connectivity index is 1.78. The Labute approximate surface area is 165 Å². The van der Waals surface area contributed by atoms with Gasteiger partial charge in [-0.2, -0.15) is 5.10 Å². The van der Waals surface area contributed by atoms with Gasteiger partial charge >= 0.3 is 0 Å². The van der Waals surface area contributed by atoms with Gasteiger partial charge in [0.25, 0.3) is 11.6 Å². The predicted octanol–water partition coefficient (Wildman–Crippen LogP) is 0.657. The van der Waals surface area contributed by atoms with Gasteiger partial charge < -0.3 is 15.2 Å². The maximum Gasteiger partial charge on any atom is 0.273 e. The smallest absolute Gasteiger partial charge is 0.273 e. The lowest BCUT2D eigenvalue weighted by molar-refractivity contribution is -0.385. The first-order valence-corrected chi connectivity index (χ1v) is 8.61. The molecule has 3 rings (SSSR count). The van der Waals surface area contributed by atoms with E-state index in [4.69, 9.17) is 4.74 Å². The lowest BCUT2D eigenvalue weighted by atomic mass is 9.88. The molecule has 1 aliphatic rings. The zero-order valence-electron chi connectivity index (χ0n) is 15.3. The Morgan fingerprint density at radius 3 is 2.72 bits per heavy atom. The summed E-state index contributed by atoms with van der Waals surface area (Å²) in [6.07, 6.45) is 0.986. The monoisotopic (exact) mass is 397 g/mol. The number of nitrogens with one attached hydrogen (secondary N) is 2. The number of benzene rings is 2. The maximum absolute atomic E-state index is 12.5. The highest BCUT2D eigenvalue weighted by atomic mass is 16.6. The Morgan fingerprint density at radius 2 is 2.07 bits per heavy atom. The van der Waals surface area contributed by atoms with E-state index < -0.39 is 28.4 Å². The molecule has 1 saturated heterocycles. The molecule has 1 aliphatic heterocycles. The van der Waals surface area contributed by atoms with Crippen molar-refractivity contribution in [1.82, 2.24) is 10.7 Å². The van der Waals surface area contributed by atoms with Gasteiger partial charge in [-0.3, -0.25) is 19.7 Å². The van der Waals surface area contributed by atoms with Crippen LogP contribution < -0.4 is 20.6 Å². The van der Waals surface area contributed by atoms with E-state index in [1.165, 1.54) is 7.11 Å². The van der Waals surface area contributed by atoms with Crippen molar-refractivity contribution in [3.63, 3.8) is 0 Å². The molecule has 0 saturated carbocycles. The molecule has 10 nitrogen and oxygen atoms in total. The van der Waals surface area contributed by atoms with Gasteiger partial charge in [-0.05, 0) is 11.1 Å². The van der Waals surface area contributed by atoms with Gasteiger partial charge in [-0.15, -0.1) is 0 Å². The van der Waals surface area contributed by atoms with Crippen LogP contribution in [-0.4, -0.2) is 36.6 Å². The minimum Gasteiger partial charge on any atom is -0.870 e. The number of carbonyl (C=O) groups is 2. The van der Waals surface area contributed by atoms with Gasteiger partial charge in [-0.1, -0.05) is 36.1 Å². The molecule has 2 amide bonds. The van der Waals surface area contributed by atoms with Crippen LogP contribution in [0.4, 0.5) is 5.69 Å². The van der Waals surface area contributed by atoms with Crippen molar-refractivity contribution >= 4 is 23.7 Å². The van der Waals surface area contributed by atoms with E-state index in [2.05, 4.69) is 15.8 Å². The summed E-state index contributed by atoms with van der Waals surface area (Å²) in [5.74, 6) is -3.24. The van der Waals surface area contributed by atoms with Crippen molar-refractivity contribution in [1.29, 1.82) is 0 Å².